The molecule has 0 fully saturated rings. The van der Waals surface area contributed by atoms with Crippen LogP contribution in [0.1, 0.15) is 15.9 Å². The summed E-state index contributed by atoms with van der Waals surface area (Å²) in [6.07, 6.45) is 0. The largest absolute Gasteiger partial charge is 0.488 e. The molecule has 0 aromatic heterocycles. The number of carbonyl (C=O) groups is 1. The van der Waals surface area contributed by atoms with E-state index in [1.54, 1.807) is 18.2 Å². The SMILES string of the molecule is O=C1NCc2cc(-c3cc(F)cc(B(O)O)c3)ccc21. The Kier molecular flexibility index (Phi) is 3.04. The molecule has 100 valence electrons. The van der Waals surface area contributed by atoms with Gasteiger partial charge in [-0.25, -0.2) is 4.39 Å². The van der Waals surface area contributed by atoms with Crippen LogP contribution in [0.3, 0.4) is 0 Å². The van der Waals surface area contributed by atoms with E-state index in [0.717, 1.165) is 17.2 Å². The second-order valence-corrected chi connectivity index (χ2v) is 4.70. The zero-order valence-corrected chi connectivity index (χ0v) is 10.4. The number of rotatable bonds is 2. The molecule has 20 heavy (non-hydrogen) atoms. The van der Waals surface area contributed by atoms with E-state index in [1.165, 1.54) is 12.1 Å². The zero-order chi connectivity index (χ0) is 14.3. The van der Waals surface area contributed by atoms with Crippen molar-refractivity contribution in [2.24, 2.45) is 0 Å². The van der Waals surface area contributed by atoms with E-state index in [0.29, 0.717) is 17.7 Å². The number of nitrogens with one attached hydrogen (secondary N) is 1. The van der Waals surface area contributed by atoms with Crippen LogP contribution in [-0.4, -0.2) is 23.1 Å². The maximum Gasteiger partial charge on any atom is 0.488 e. The summed E-state index contributed by atoms with van der Waals surface area (Å²) in [6.45, 7) is 0.451. The molecular formula is C14H11BFNO3. The van der Waals surface area contributed by atoms with E-state index in [-0.39, 0.29) is 11.4 Å². The molecule has 0 radical (unpaired) electrons. The fourth-order valence-corrected chi connectivity index (χ4v) is 2.34. The van der Waals surface area contributed by atoms with Gasteiger partial charge in [0.1, 0.15) is 5.82 Å². The molecule has 0 aliphatic carbocycles. The summed E-state index contributed by atoms with van der Waals surface area (Å²) in [5.74, 6) is -0.655. The average Bonchev–Trinajstić information content (AvgIpc) is 2.79. The van der Waals surface area contributed by atoms with Crippen molar-refractivity contribution in [1.29, 1.82) is 0 Å². The predicted octanol–water partition coefficient (Wildman–Crippen LogP) is 0.416. The summed E-state index contributed by atoms with van der Waals surface area (Å²) in [5.41, 5.74) is 2.82. The molecule has 0 spiro atoms. The molecule has 3 N–H and O–H groups in total. The Morgan fingerprint density at radius 2 is 1.90 bits per heavy atom. The first-order valence-corrected chi connectivity index (χ1v) is 6.13. The van der Waals surface area contributed by atoms with Crippen molar-refractivity contribution in [3.8, 4) is 11.1 Å². The molecular weight excluding hydrogens is 260 g/mol. The number of halogens is 1. The van der Waals surface area contributed by atoms with Gasteiger partial charge in [-0.2, -0.15) is 0 Å². The Morgan fingerprint density at radius 1 is 1.10 bits per heavy atom. The van der Waals surface area contributed by atoms with Gasteiger partial charge in [0.15, 0.2) is 0 Å². The third kappa shape index (κ3) is 2.19. The van der Waals surface area contributed by atoms with Gasteiger partial charge in [0.05, 0.1) is 0 Å². The first-order valence-electron chi connectivity index (χ1n) is 6.13. The monoisotopic (exact) mass is 271 g/mol. The summed E-state index contributed by atoms with van der Waals surface area (Å²) in [5, 5.41) is 21.0. The second-order valence-electron chi connectivity index (χ2n) is 4.70. The summed E-state index contributed by atoms with van der Waals surface area (Å²) >= 11 is 0. The smallest absolute Gasteiger partial charge is 0.423 e. The molecule has 1 aliphatic heterocycles. The van der Waals surface area contributed by atoms with E-state index < -0.39 is 12.9 Å². The van der Waals surface area contributed by atoms with Crippen LogP contribution in [0, 0.1) is 5.82 Å². The predicted molar refractivity (Wildman–Crippen MR) is 72.8 cm³/mol. The molecule has 0 bridgehead atoms. The number of hydrogen-bond donors (Lipinski definition) is 3. The highest BCUT2D eigenvalue weighted by Crippen LogP contribution is 2.25. The van der Waals surface area contributed by atoms with Crippen molar-refractivity contribution in [3.63, 3.8) is 0 Å². The summed E-state index contributed by atoms with van der Waals surface area (Å²) in [6, 6.07) is 9.11. The fraction of sp³-hybridized carbons (Fsp3) is 0.0714. The molecule has 2 aromatic carbocycles. The lowest BCUT2D eigenvalue weighted by molar-refractivity contribution is 0.0965. The third-order valence-corrected chi connectivity index (χ3v) is 3.34. The minimum Gasteiger partial charge on any atom is -0.423 e. The maximum atomic E-state index is 13.5. The Morgan fingerprint density at radius 3 is 2.65 bits per heavy atom. The van der Waals surface area contributed by atoms with Crippen LogP contribution >= 0.6 is 0 Å². The van der Waals surface area contributed by atoms with Gasteiger partial charge in [-0.1, -0.05) is 12.1 Å². The number of fused-ring (bicyclic) bond motifs is 1. The zero-order valence-electron chi connectivity index (χ0n) is 10.4. The van der Waals surface area contributed by atoms with Gasteiger partial charge in [-0.05, 0) is 46.4 Å². The van der Waals surface area contributed by atoms with Gasteiger partial charge in [0, 0.05) is 12.1 Å². The third-order valence-electron chi connectivity index (χ3n) is 3.34. The summed E-state index contributed by atoms with van der Waals surface area (Å²) < 4.78 is 13.5. The van der Waals surface area contributed by atoms with Crippen molar-refractivity contribution in [2.75, 3.05) is 0 Å². The second kappa shape index (κ2) is 4.74. The van der Waals surface area contributed by atoms with Crippen LogP contribution in [0.2, 0.25) is 0 Å². The minimum atomic E-state index is -1.72. The van der Waals surface area contributed by atoms with Crippen LogP contribution < -0.4 is 10.8 Å². The molecule has 2 aromatic rings. The van der Waals surface area contributed by atoms with E-state index >= 15 is 0 Å². The van der Waals surface area contributed by atoms with Gasteiger partial charge >= 0.3 is 7.12 Å². The molecule has 6 heteroatoms. The maximum absolute atomic E-state index is 13.5. The highest BCUT2D eigenvalue weighted by atomic mass is 19.1. The molecule has 1 heterocycles. The molecule has 1 aliphatic rings. The van der Waals surface area contributed by atoms with Crippen molar-refractivity contribution >= 4 is 18.5 Å². The Hall–Kier alpha value is -2.18. The molecule has 3 rings (SSSR count). The summed E-state index contributed by atoms with van der Waals surface area (Å²) in [7, 11) is -1.72. The lowest BCUT2D eigenvalue weighted by atomic mass is 9.79. The lowest BCUT2D eigenvalue weighted by Gasteiger charge is -2.07. The van der Waals surface area contributed by atoms with E-state index in [2.05, 4.69) is 5.32 Å². The first-order chi connectivity index (χ1) is 9.54. The summed E-state index contributed by atoms with van der Waals surface area (Å²) in [4.78, 5) is 11.5. The quantitative estimate of drug-likeness (QED) is 0.693. The highest BCUT2D eigenvalue weighted by molar-refractivity contribution is 6.58. The van der Waals surface area contributed by atoms with Crippen molar-refractivity contribution in [3.05, 3.63) is 53.3 Å². The highest BCUT2D eigenvalue weighted by Gasteiger charge is 2.19. The van der Waals surface area contributed by atoms with Crippen molar-refractivity contribution in [2.45, 2.75) is 6.54 Å². The van der Waals surface area contributed by atoms with E-state index in [1.807, 2.05) is 0 Å². The Labute approximate surface area is 115 Å². The number of benzene rings is 2. The standard InChI is InChI=1S/C14H11BFNO3/c16-12-5-9(4-11(6-12)15(19)20)8-1-2-13-10(3-8)7-17-14(13)18/h1-6,19-20H,7H2,(H,17,18). The van der Waals surface area contributed by atoms with Gasteiger partial charge < -0.3 is 15.4 Å². The number of hydrogen-bond acceptors (Lipinski definition) is 3. The van der Waals surface area contributed by atoms with Crippen LogP contribution in [-0.2, 0) is 6.54 Å². The van der Waals surface area contributed by atoms with Crippen LogP contribution in [0.25, 0.3) is 11.1 Å². The Balaban J connectivity index is 2.08. The molecule has 0 saturated heterocycles. The Bertz CT molecular complexity index is 703. The molecule has 4 nitrogen and oxygen atoms in total. The van der Waals surface area contributed by atoms with Crippen molar-refractivity contribution in [1.82, 2.24) is 5.32 Å². The van der Waals surface area contributed by atoms with Gasteiger partial charge in [-0.15, -0.1) is 0 Å². The van der Waals surface area contributed by atoms with E-state index in [4.69, 9.17) is 10.0 Å². The van der Waals surface area contributed by atoms with Crippen molar-refractivity contribution < 1.29 is 19.2 Å². The molecule has 0 saturated carbocycles. The fourth-order valence-electron chi connectivity index (χ4n) is 2.34. The average molecular weight is 271 g/mol. The van der Waals surface area contributed by atoms with E-state index in [9.17, 15) is 9.18 Å². The molecule has 1 amide bonds. The van der Waals surface area contributed by atoms with Gasteiger partial charge in [-0.3, -0.25) is 4.79 Å². The molecule has 0 atom stereocenters. The van der Waals surface area contributed by atoms with Crippen LogP contribution in [0.4, 0.5) is 4.39 Å². The van der Waals surface area contributed by atoms with Crippen LogP contribution in [0.15, 0.2) is 36.4 Å². The normalized spacial score (nSPS) is 13.1. The van der Waals surface area contributed by atoms with Gasteiger partial charge in [0.25, 0.3) is 5.91 Å². The van der Waals surface area contributed by atoms with Gasteiger partial charge in [0.2, 0.25) is 0 Å². The minimum absolute atomic E-state index is 0.0923. The number of carbonyl (C=O) groups excluding carboxylic acids is 1. The first kappa shape index (κ1) is 12.8. The molecule has 0 unspecified atom stereocenters. The topological polar surface area (TPSA) is 69.6 Å². The number of amides is 1. The lowest BCUT2D eigenvalue weighted by Crippen LogP contribution is -2.30. The van der Waals surface area contributed by atoms with Crippen LogP contribution in [0.5, 0.6) is 0 Å².